The van der Waals surface area contributed by atoms with E-state index in [4.69, 9.17) is 0 Å². The predicted octanol–water partition coefficient (Wildman–Crippen LogP) is 2.76. The highest BCUT2D eigenvalue weighted by atomic mass is 79.9. The summed E-state index contributed by atoms with van der Waals surface area (Å²) in [5, 5.41) is 4.10. The second-order valence-electron chi connectivity index (χ2n) is 4.64. The second-order valence-corrected chi connectivity index (χ2v) is 5.56. The summed E-state index contributed by atoms with van der Waals surface area (Å²) in [6, 6.07) is 5.74. The fourth-order valence-corrected chi connectivity index (χ4v) is 2.29. The van der Waals surface area contributed by atoms with Crippen LogP contribution in [0.15, 0.2) is 35.1 Å². The number of hydrogen-bond acceptors (Lipinski definition) is 2. The van der Waals surface area contributed by atoms with Gasteiger partial charge in [0.25, 0.3) is 5.91 Å². The summed E-state index contributed by atoms with van der Waals surface area (Å²) in [4.78, 5) is 14.1. The largest absolute Gasteiger partial charge is 0.337 e. The Labute approximate surface area is 121 Å². The minimum absolute atomic E-state index is 0.0163. The van der Waals surface area contributed by atoms with Crippen LogP contribution in [0.2, 0.25) is 0 Å². The van der Waals surface area contributed by atoms with Crippen molar-refractivity contribution in [3.8, 4) is 0 Å². The molecule has 0 unspecified atom stereocenters. The van der Waals surface area contributed by atoms with Gasteiger partial charge in [-0.2, -0.15) is 5.10 Å². The molecule has 0 aliphatic rings. The molecule has 1 heterocycles. The Morgan fingerprint density at radius 1 is 1.47 bits per heavy atom. The van der Waals surface area contributed by atoms with Crippen LogP contribution in [0.3, 0.4) is 0 Å². The lowest BCUT2D eigenvalue weighted by Gasteiger charge is -2.17. The molecule has 100 valence electrons. The van der Waals surface area contributed by atoms with Gasteiger partial charge >= 0.3 is 0 Å². The fraction of sp³-hybridized carbons (Fsp3) is 0.286. The SMILES string of the molecule is Cc1ccc(Br)cc1C(=O)N(C)Cc1cnn(C)c1. The Morgan fingerprint density at radius 3 is 2.84 bits per heavy atom. The lowest BCUT2D eigenvalue weighted by Crippen LogP contribution is -2.26. The normalized spacial score (nSPS) is 10.5. The molecule has 5 heteroatoms. The summed E-state index contributed by atoms with van der Waals surface area (Å²) < 4.78 is 2.65. The van der Waals surface area contributed by atoms with E-state index in [2.05, 4.69) is 21.0 Å². The van der Waals surface area contributed by atoms with Crippen LogP contribution in [0.25, 0.3) is 0 Å². The van der Waals surface area contributed by atoms with Gasteiger partial charge in [-0.1, -0.05) is 22.0 Å². The highest BCUT2D eigenvalue weighted by molar-refractivity contribution is 9.10. The molecule has 19 heavy (non-hydrogen) atoms. The number of benzene rings is 1. The van der Waals surface area contributed by atoms with Crippen LogP contribution in [0, 0.1) is 6.92 Å². The van der Waals surface area contributed by atoms with Gasteiger partial charge < -0.3 is 4.90 Å². The molecule has 0 aliphatic carbocycles. The van der Waals surface area contributed by atoms with Crippen molar-refractivity contribution in [1.82, 2.24) is 14.7 Å². The third-order valence-electron chi connectivity index (χ3n) is 2.95. The molecule has 4 nitrogen and oxygen atoms in total. The molecule has 0 radical (unpaired) electrons. The quantitative estimate of drug-likeness (QED) is 0.871. The van der Waals surface area contributed by atoms with Gasteiger partial charge in [-0.15, -0.1) is 0 Å². The highest BCUT2D eigenvalue weighted by Gasteiger charge is 2.15. The zero-order valence-corrected chi connectivity index (χ0v) is 12.8. The van der Waals surface area contributed by atoms with Crippen LogP contribution >= 0.6 is 15.9 Å². The van der Waals surface area contributed by atoms with Gasteiger partial charge in [-0.05, 0) is 24.6 Å². The number of hydrogen-bond donors (Lipinski definition) is 0. The van der Waals surface area contributed by atoms with E-state index in [1.54, 1.807) is 22.8 Å². The Kier molecular flexibility index (Phi) is 4.04. The van der Waals surface area contributed by atoms with E-state index in [0.29, 0.717) is 6.54 Å². The molecule has 2 aromatic rings. The zero-order valence-electron chi connectivity index (χ0n) is 11.2. The van der Waals surface area contributed by atoms with Gasteiger partial charge in [-0.25, -0.2) is 0 Å². The Balaban J connectivity index is 2.16. The Bertz CT molecular complexity index is 606. The van der Waals surface area contributed by atoms with Gasteiger partial charge in [0.05, 0.1) is 6.20 Å². The Hall–Kier alpha value is -1.62. The van der Waals surface area contributed by atoms with E-state index in [9.17, 15) is 4.79 Å². The molecular weight excluding hydrogens is 306 g/mol. The summed E-state index contributed by atoms with van der Waals surface area (Å²) in [5.74, 6) is 0.0163. The van der Waals surface area contributed by atoms with Gasteiger partial charge in [0.1, 0.15) is 0 Å². The third-order valence-corrected chi connectivity index (χ3v) is 3.45. The maximum atomic E-state index is 12.4. The number of aryl methyl sites for hydroxylation is 2. The van der Waals surface area contributed by atoms with Crippen molar-refractivity contribution in [3.05, 3.63) is 51.8 Å². The van der Waals surface area contributed by atoms with Crippen LogP contribution in [-0.2, 0) is 13.6 Å². The van der Waals surface area contributed by atoms with Gasteiger partial charge in [0, 0.05) is 42.4 Å². The molecule has 0 N–H and O–H groups in total. The summed E-state index contributed by atoms with van der Waals surface area (Å²) in [6.45, 7) is 2.50. The van der Waals surface area contributed by atoms with Gasteiger partial charge in [0.15, 0.2) is 0 Å². The maximum Gasteiger partial charge on any atom is 0.254 e. The van der Waals surface area contributed by atoms with Crippen molar-refractivity contribution in [3.63, 3.8) is 0 Å². The van der Waals surface area contributed by atoms with E-state index in [1.165, 1.54) is 0 Å². The van der Waals surface area contributed by atoms with E-state index in [-0.39, 0.29) is 5.91 Å². The molecule has 1 amide bonds. The van der Waals surface area contributed by atoms with Crippen molar-refractivity contribution in [2.75, 3.05) is 7.05 Å². The first kappa shape index (κ1) is 13.8. The number of carbonyl (C=O) groups is 1. The minimum Gasteiger partial charge on any atom is -0.337 e. The van der Waals surface area contributed by atoms with Crippen LogP contribution in [-0.4, -0.2) is 27.6 Å². The first-order valence-corrected chi connectivity index (χ1v) is 6.76. The molecule has 0 bridgehead atoms. The second kappa shape index (κ2) is 5.57. The van der Waals surface area contributed by atoms with Gasteiger partial charge in [-0.3, -0.25) is 9.48 Å². The summed E-state index contributed by atoms with van der Waals surface area (Å²) in [7, 11) is 3.67. The van der Waals surface area contributed by atoms with Crippen molar-refractivity contribution < 1.29 is 4.79 Å². The summed E-state index contributed by atoms with van der Waals surface area (Å²) in [6.07, 6.45) is 3.69. The number of halogens is 1. The standard InChI is InChI=1S/C14H16BrN3O/c1-10-4-5-12(15)6-13(10)14(19)17(2)8-11-7-16-18(3)9-11/h4-7,9H,8H2,1-3H3. The van der Waals surface area contributed by atoms with E-state index < -0.39 is 0 Å². The zero-order chi connectivity index (χ0) is 14.0. The smallest absolute Gasteiger partial charge is 0.254 e. The molecule has 2 rings (SSSR count). The van der Waals surface area contributed by atoms with Crippen LogP contribution in [0.5, 0.6) is 0 Å². The number of rotatable bonds is 3. The number of nitrogens with zero attached hydrogens (tertiary/aromatic N) is 3. The molecule has 1 aromatic carbocycles. The Morgan fingerprint density at radius 2 is 2.21 bits per heavy atom. The number of aromatic nitrogens is 2. The van der Waals surface area contributed by atoms with Crippen LogP contribution in [0.1, 0.15) is 21.5 Å². The van der Waals surface area contributed by atoms with Crippen molar-refractivity contribution >= 4 is 21.8 Å². The van der Waals surface area contributed by atoms with Gasteiger partial charge in [0.2, 0.25) is 0 Å². The first-order chi connectivity index (χ1) is 8.97. The average molecular weight is 322 g/mol. The van der Waals surface area contributed by atoms with E-state index in [1.807, 2.05) is 38.4 Å². The third kappa shape index (κ3) is 3.23. The van der Waals surface area contributed by atoms with Crippen molar-refractivity contribution in [2.45, 2.75) is 13.5 Å². The number of amides is 1. The fourth-order valence-electron chi connectivity index (χ4n) is 1.93. The average Bonchev–Trinajstić information content (AvgIpc) is 2.77. The molecule has 0 atom stereocenters. The molecule has 0 fully saturated rings. The van der Waals surface area contributed by atoms with E-state index in [0.717, 1.165) is 21.2 Å². The lowest BCUT2D eigenvalue weighted by atomic mass is 10.1. The maximum absolute atomic E-state index is 12.4. The minimum atomic E-state index is 0.0163. The van der Waals surface area contributed by atoms with E-state index >= 15 is 0 Å². The van der Waals surface area contributed by atoms with Crippen molar-refractivity contribution in [1.29, 1.82) is 0 Å². The lowest BCUT2D eigenvalue weighted by molar-refractivity contribution is 0.0784. The monoisotopic (exact) mass is 321 g/mol. The van der Waals surface area contributed by atoms with Crippen LogP contribution in [0.4, 0.5) is 0 Å². The summed E-state index contributed by atoms with van der Waals surface area (Å²) >= 11 is 3.40. The topological polar surface area (TPSA) is 38.1 Å². The molecule has 0 spiro atoms. The number of carbonyl (C=O) groups excluding carboxylic acids is 1. The highest BCUT2D eigenvalue weighted by Crippen LogP contribution is 2.18. The molecule has 0 saturated carbocycles. The molecular formula is C14H16BrN3O. The molecule has 0 saturated heterocycles. The predicted molar refractivity (Wildman–Crippen MR) is 77.9 cm³/mol. The molecule has 0 aliphatic heterocycles. The van der Waals surface area contributed by atoms with Crippen molar-refractivity contribution in [2.24, 2.45) is 7.05 Å². The first-order valence-electron chi connectivity index (χ1n) is 5.96. The summed E-state index contributed by atoms with van der Waals surface area (Å²) in [5.41, 5.74) is 2.72. The molecule has 1 aromatic heterocycles. The van der Waals surface area contributed by atoms with Crippen LogP contribution < -0.4 is 0 Å².